The van der Waals surface area contributed by atoms with Gasteiger partial charge < -0.3 is 4.74 Å². The molecular formula is C25H25BrO2. The Hall–Kier alpha value is -2.39. The second kappa shape index (κ2) is 7.92. The van der Waals surface area contributed by atoms with Crippen LogP contribution in [-0.2, 0) is 10.2 Å². The van der Waals surface area contributed by atoms with E-state index in [0.29, 0.717) is 5.56 Å². The van der Waals surface area contributed by atoms with Gasteiger partial charge in [-0.2, -0.15) is 0 Å². The van der Waals surface area contributed by atoms with Crippen molar-refractivity contribution in [2.45, 2.75) is 33.1 Å². The number of methoxy groups -OCH3 is 1. The lowest BCUT2D eigenvalue weighted by Gasteiger charge is -2.19. The third kappa shape index (κ3) is 4.20. The first-order chi connectivity index (χ1) is 13.2. The number of halogens is 1. The van der Waals surface area contributed by atoms with Gasteiger partial charge in [0.1, 0.15) is 0 Å². The topological polar surface area (TPSA) is 26.3 Å². The molecule has 2 nitrogen and oxygen atoms in total. The highest BCUT2D eigenvalue weighted by Gasteiger charge is 2.17. The van der Waals surface area contributed by atoms with Gasteiger partial charge in [0.05, 0.1) is 12.7 Å². The van der Waals surface area contributed by atoms with Gasteiger partial charge in [0.15, 0.2) is 0 Å². The average Bonchev–Trinajstić information content (AvgIpc) is 2.67. The molecule has 0 saturated heterocycles. The molecule has 3 rings (SSSR count). The van der Waals surface area contributed by atoms with Crippen LogP contribution in [-0.4, -0.2) is 13.1 Å². The van der Waals surface area contributed by atoms with E-state index in [-0.39, 0.29) is 11.4 Å². The molecule has 0 spiro atoms. The standard InChI is InChI=1S/C25H25BrO2/c1-16-6-12-20(22(14-16)24(27)28-5)21-15-18(9-13-23(21)26)17-7-10-19(11-8-17)25(2,3)4/h6-15H,1-5H3. The van der Waals surface area contributed by atoms with Crippen molar-refractivity contribution < 1.29 is 9.53 Å². The molecule has 0 saturated carbocycles. The summed E-state index contributed by atoms with van der Waals surface area (Å²) in [6.07, 6.45) is 0. The van der Waals surface area contributed by atoms with Crippen LogP contribution in [0.4, 0.5) is 0 Å². The third-order valence-corrected chi connectivity index (χ3v) is 5.61. The summed E-state index contributed by atoms with van der Waals surface area (Å²) in [5.41, 5.74) is 7.11. The van der Waals surface area contributed by atoms with Gasteiger partial charge in [-0.3, -0.25) is 0 Å². The maximum absolute atomic E-state index is 12.3. The number of carbonyl (C=O) groups is 1. The molecule has 0 aliphatic carbocycles. The van der Waals surface area contributed by atoms with E-state index in [9.17, 15) is 4.79 Å². The molecule has 0 N–H and O–H groups in total. The number of aryl methyl sites for hydroxylation is 1. The highest BCUT2D eigenvalue weighted by Crippen LogP contribution is 2.36. The molecule has 3 aromatic carbocycles. The van der Waals surface area contributed by atoms with Gasteiger partial charge in [-0.05, 0) is 58.4 Å². The normalized spacial score (nSPS) is 11.4. The fourth-order valence-electron chi connectivity index (χ4n) is 3.25. The first kappa shape index (κ1) is 20.3. The van der Waals surface area contributed by atoms with Crippen molar-refractivity contribution in [3.05, 3.63) is 81.8 Å². The third-order valence-electron chi connectivity index (χ3n) is 4.92. The predicted octanol–water partition coefficient (Wildman–Crippen LogP) is 7.18. The number of esters is 1. The Morgan fingerprint density at radius 3 is 2.11 bits per heavy atom. The van der Waals surface area contributed by atoms with E-state index < -0.39 is 0 Å². The lowest BCUT2D eigenvalue weighted by Crippen LogP contribution is -2.10. The van der Waals surface area contributed by atoms with Crippen molar-refractivity contribution in [3.63, 3.8) is 0 Å². The van der Waals surface area contributed by atoms with Crippen LogP contribution >= 0.6 is 15.9 Å². The number of rotatable bonds is 3. The maximum Gasteiger partial charge on any atom is 0.338 e. The minimum absolute atomic E-state index is 0.126. The summed E-state index contributed by atoms with van der Waals surface area (Å²) in [7, 11) is 1.41. The van der Waals surface area contributed by atoms with Crippen LogP contribution in [0, 0.1) is 6.92 Å². The second-order valence-corrected chi connectivity index (χ2v) is 8.92. The molecule has 0 fully saturated rings. The van der Waals surface area contributed by atoms with Crippen molar-refractivity contribution in [2.24, 2.45) is 0 Å². The van der Waals surface area contributed by atoms with Gasteiger partial charge in [-0.15, -0.1) is 0 Å². The van der Waals surface area contributed by atoms with E-state index in [4.69, 9.17) is 4.74 Å². The molecule has 144 valence electrons. The molecule has 0 heterocycles. The van der Waals surface area contributed by atoms with E-state index in [1.165, 1.54) is 12.7 Å². The van der Waals surface area contributed by atoms with Crippen LogP contribution in [0.3, 0.4) is 0 Å². The number of carbonyl (C=O) groups excluding carboxylic acids is 1. The Labute approximate surface area is 175 Å². The molecule has 3 heteroatoms. The van der Waals surface area contributed by atoms with Crippen LogP contribution in [0.2, 0.25) is 0 Å². The fraction of sp³-hybridized carbons (Fsp3) is 0.240. The lowest BCUT2D eigenvalue weighted by molar-refractivity contribution is 0.0601. The first-order valence-electron chi connectivity index (χ1n) is 9.30. The summed E-state index contributed by atoms with van der Waals surface area (Å²) in [6.45, 7) is 8.61. The molecule has 3 aromatic rings. The average molecular weight is 437 g/mol. The molecule has 0 aliphatic heterocycles. The maximum atomic E-state index is 12.3. The Morgan fingerprint density at radius 1 is 0.857 bits per heavy atom. The van der Waals surface area contributed by atoms with Crippen LogP contribution in [0.5, 0.6) is 0 Å². The van der Waals surface area contributed by atoms with Gasteiger partial charge in [-0.25, -0.2) is 4.79 Å². The zero-order valence-electron chi connectivity index (χ0n) is 17.0. The van der Waals surface area contributed by atoms with Crippen LogP contribution in [0.25, 0.3) is 22.3 Å². The zero-order valence-corrected chi connectivity index (χ0v) is 18.6. The Balaban J connectivity index is 2.10. The van der Waals surface area contributed by atoms with Crippen LogP contribution in [0.15, 0.2) is 65.1 Å². The molecule has 0 bridgehead atoms. The minimum Gasteiger partial charge on any atom is -0.465 e. The van der Waals surface area contributed by atoms with Gasteiger partial charge in [0.2, 0.25) is 0 Å². The number of ether oxygens (including phenoxy) is 1. The summed E-state index contributed by atoms with van der Waals surface area (Å²) < 4.78 is 5.94. The molecule has 0 atom stereocenters. The van der Waals surface area contributed by atoms with E-state index in [1.54, 1.807) is 0 Å². The monoisotopic (exact) mass is 436 g/mol. The fourth-order valence-corrected chi connectivity index (χ4v) is 3.71. The number of hydrogen-bond acceptors (Lipinski definition) is 2. The summed E-state index contributed by atoms with van der Waals surface area (Å²) in [5.74, 6) is -0.328. The lowest BCUT2D eigenvalue weighted by atomic mass is 9.86. The number of benzene rings is 3. The summed E-state index contributed by atoms with van der Waals surface area (Å²) in [5, 5.41) is 0. The molecule has 0 aromatic heterocycles. The van der Waals surface area contributed by atoms with Crippen molar-refractivity contribution in [1.29, 1.82) is 0 Å². The van der Waals surface area contributed by atoms with E-state index >= 15 is 0 Å². The van der Waals surface area contributed by atoms with Crippen LogP contribution in [0.1, 0.15) is 42.3 Å². The predicted molar refractivity (Wildman–Crippen MR) is 120 cm³/mol. The molecular weight excluding hydrogens is 412 g/mol. The SMILES string of the molecule is COC(=O)c1cc(C)ccc1-c1cc(-c2ccc(C(C)(C)C)cc2)ccc1Br. The van der Waals surface area contributed by atoms with Gasteiger partial charge in [-0.1, -0.05) is 84.7 Å². The minimum atomic E-state index is -0.328. The summed E-state index contributed by atoms with van der Waals surface area (Å²) in [6, 6.07) is 20.8. The molecule has 0 unspecified atom stereocenters. The van der Waals surface area contributed by atoms with Gasteiger partial charge in [0.25, 0.3) is 0 Å². The smallest absolute Gasteiger partial charge is 0.338 e. The highest BCUT2D eigenvalue weighted by atomic mass is 79.9. The molecule has 0 amide bonds. The first-order valence-corrected chi connectivity index (χ1v) is 10.1. The highest BCUT2D eigenvalue weighted by molar-refractivity contribution is 9.10. The van der Waals surface area contributed by atoms with Crippen molar-refractivity contribution >= 4 is 21.9 Å². The summed E-state index contributed by atoms with van der Waals surface area (Å²) >= 11 is 3.65. The molecule has 0 aliphatic rings. The Bertz CT molecular complexity index is 1010. The van der Waals surface area contributed by atoms with E-state index in [2.05, 4.69) is 73.1 Å². The van der Waals surface area contributed by atoms with Gasteiger partial charge >= 0.3 is 5.97 Å². The second-order valence-electron chi connectivity index (χ2n) is 8.06. The van der Waals surface area contributed by atoms with Crippen molar-refractivity contribution in [2.75, 3.05) is 7.11 Å². The van der Waals surface area contributed by atoms with E-state index in [0.717, 1.165) is 32.3 Å². The molecule has 28 heavy (non-hydrogen) atoms. The number of hydrogen-bond donors (Lipinski definition) is 0. The largest absolute Gasteiger partial charge is 0.465 e. The Kier molecular flexibility index (Phi) is 5.76. The van der Waals surface area contributed by atoms with Crippen molar-refractivity contribution in [3.8, 4) is 22.3 Å². The van der Waals surface area contributed by atoms with Crippen LogP contribution < -0.4 is 0 Å². The summed E-state index contributed by atoms with van der Waals surface area (Å²) in [4.78, 5) is 12.3. The van der Waals surface area contributed by atoms with Gasteiger partial charge in [0, 0.05) is 4.47 Å². The zero-order chi connectivity index (χ0) is 20.5. The quantitative estimate of drug-likeness (QED) is 0.406. The van der Waals surface area contributed by atoms with Crippen molar-refractivity contribution in [1.82, 2.24) is 0 Å². The van der Waals surface area contributed by atoms with E-state index in [1.807, 2.05) is 31.2 Å². The Morgan fingerprint density at radius 2 is 1.50 bits per heavy atom. The molecule has 0 radical (unpaired) electrons.